The molecule has 0 amide bonds. The molecule has 0 saturated heterocycles. The minimum absolute atomic E-state index is 0.235. The van der Waals surface area contributed by atoms with Gasteiger partial charge >= 0.3 is 5.97 Å². The second kappa shape index (κ2) is 6.00. The topological polar surface area (TPSA) is 50.2 Å². The zero-order valence-electron chi connectivity index (χ0n) is 11.5. The molecule has 0 aliphatic carbocycles. The summed E-state index contributed by atoms with van der Waals surface area (Å²) in [4.78, 5) is 15.1. The maximum Gasteiger partial charge on any atom is 0.336 e. The van der Waals surface area contributed by atoms with Gasteiger partial charge in [-0.25, -0.2) is 4.79 Å². The predicted molar refractivity (Wildman–Crippen MR) is 89.1 cm³/mol. The van der Waals surface area contributed by atoms with E-state index in [0.29, 0.717) is 10.6 Å². The van der Waals surface area contributed by atoms with Crippen LogP contribution in [0.2, 0.25) is 5.02 Å². The Morgan fingerprint density at radius 3 is 2.64 bits per heavy atom. The van der Waals surface area contributed by atoms with E-state index in [1.807, 2.05) is 42.5 Å². The summed E-state index contributed by atoms with van der Waals surface area (Å²) >= 11 is 5.97. The molecular weight excluding hydrogens is 298 g/mol. The van der Waals surface area contributed by atoms with E-state index in [0.717, 1.165) is 16.3 Å². The van der Waals surface area contributed by atoms with Crippen molar-refractivity contribution >= 4 is 40.5 Å². The molecule has 3 nitrogen and oxygen atoms in total. The molecular formula is C18H12ClNO2. The fourth-order valence-electron chi connectivity index (χ4n) is 2.26. The third-order valence-electron chi connectivity index (χ3n) is 3.36. The number of fused-ring (bicyclic) bond motifs is 1. The van der Waals surface area contributed by atoms with Crippen LogP contribution >= 0.6 is 11.6 Å². The number of carboxylic acids is 1. The van der Waals surface area contributed by atoms with Gasteiger partial charge in [-0.15, -0.1) is 0 Å². The van der Waals surface area contributed by atoms with Crippen LogP contribution in [0.3, 0.4) is 0 Å². The summed E-state index contributed by atoms with van der Waals surface area (Å²) < 4.78 is 0. The van der Waals surface area contributed by atoms with Crippen molar-refractivity contribution in [3.63, 3.8) is 0 Å². The minimum Gasteiger partial charge on any atom is -0.478 e. The lowest BCUT2D eigenvalue weighted by molar-refractivity contribution is 0.0696. The zero-order chi connectivity index (χ0) is 15.5. The molecule has 2 aromatic carbocycles. The number of nitrogens with zero attached hydrogens (tertiary/aromatic N) is 1. The van der Waals surface area contributed by atoms with Crippen LogP contribution in [-0.2, 0) is 0 Å². The molecule has 0 spiro atoms. The number of aromatic carboxylic acids is 1. The van der Waals surface area contributed by atoms with Crippen LogP contribution in [-0.4, -0.2) is 16.1 Å². The SMILES string of the molecule is O=C(O)c1ccncc1C=Cc1ccc2cc(Cl)ccc2c1. The molecule has 3 aromatic rings. The maximum atomic E-state index is 11.2. The Bertz CT molecular complexity index is 887. The molecule has 4 heteroatoms. The van der Waals surface area contributed by atoms with Crippen molar-refractivity contribution in [2.75, 3.05) is 0 Å². The summed E-state index contributed by atoms with van der Waals surface area (Å²) in [6.07, 6.45) is 6.65. The molecule has 0 bridgehead atoms. The monoisotopic (exact) mass is 309 g/mol. The van der Waals surface area contributed by atoms with Gasteiger partial charge in [0.1, 0.15) is 0 Å². The summed E-state index contributed by atoms with van der Waals surface area (Å²) in [5, 5.41) is 12.0. The quantitative estimate of drug-likeness (QED) is 0.759. The lowest BCUT2D eigenvalue weighted by atomic mass is 10.1. The number of benzene rings is 2. The van der Waals surface area contributed by atoms with E-state index in [1.165, 1.54) is 12.3 Å². The molecule has 0 radical (unpaired) electrons. The number of carboxylic acid groups (broad SMARTS) is 1. The first-order chi connectivity index (χ1) is 10.6. The predicted octanol–water partition coefficient (Wildman–Crippen LogP) is 4.76. The van der Waals surface area contributed by atoms with Crippen molar-refractivity contribution in [2.24, 2.45) is 0 Å². The number of carbonyl (C=O) groups is 1. The number of halogens is 1. The summed E-state index contributed by atoms with van der Waals surface area (Å²) in [7, 11) is 0. The van der Waals surface area contributed by atoms with Gasteiger partial charge < -0.3 is 5.11 Å². The third kappa shape index (κ3) is 3.00. The molecule has 1 N–H and O–H groups in total. The van der Waals surface area contributed by atoms with Gasteiger partial charge in [0.25, 0.3) is 0 Å². The molecule has 0 aliphatic rings. The molecule has 1 aromatic heterocycles. The highest BCUT2D eigenvalue weighted by atomic mass is 35.5. The first-order valence-electron chi connectivity index (χ1n) is 6.68. The first kappa shape index (κ1) is 14.3. The van der Waals surface area contributed by atoms with Crippen molar-refractivity contribution in [3.8, 4) is 0 Å². The third-order valence-corrected chi connectivity index (χ3v) is 3.60. The Kier molecular flexibility index (Phi) is 3.90. The van der Waals surface area contributed by atoms with E-state index in [9.17, 15) is 4.79 Å². The molecule has 0 fully saturated rings. The van der Waals surface area contributed by atoms with Crippen LogP contribution in [0.4, 0.5) is 0 Å². The maximum absolute atomic E-state index is 11.2. The average Bonchev–Trinajstić information content (AvgIpc) is 2.53. The number of hydrogen-bond acceptors (Lipinski definition) is 2. The van der Waals surface area contributed by atoms with E-state index in [1.54, 1.807) is 12.3 Å². The second-order valence-corrected chi connectivity index (χ2v) is 5.29. The van der Waals surface area contributed by atoms with Gasteiger partial charge in [0.2, 0.25) is 0 Å². The smallest absolute Gasteiger partial charge is 0.336 e. The summed E-state index contributed by atoms with van der Waals surface area (Å²) in [6.45, 7) is 0. The van der Waals surface area contributed by atoms with Gasteiger partial charge in [-0.2, -0.15) is 0 Å². The number of aromatic nitrogens is 1. The van der Waals surface area contributed by atoms with E-state index < -0.39 is 5.97 Å². The van der Waals surface area contributed by atoms with Crippen molar-refractivity contribution in [2.45, 2.75) is 0 Å². The van der Waals surface area contributed by atoms with Crippen molar-refractivity contribution in [3.05, 3.63) is 76.6 Å². The van der Waals surface area contributed by atoms with Crippen LogP contribution in [0.5, 0.6) is 0 Å². The fraction of sp³-hybridized carbons (Fsp3) is 0. The highest BCUT2D eigenvalue weighted by Crippen LogP contribution is 2.21. The van der Waals surface area contributed by atoms with E-state index in [4.69, 9.17) is 16.7 Å². The molecule has 0 atom stereocenters. The number of rotatable bonds is 3. The number of hydrogen-bond donors (Lipinski definition) is 1. The Balaban J connectivity index is 1.96. The molecule has 0 unspecified atom stereocenters. The minimum atomic E-state index is -0.963. The van der Waals surface area contributed by atoms with Gasteiger partial charge in [-0.05, 0) is 40.6 Å². The standard InChI is InChI=1S/C18H12ClNO2/c19-16-6-5-13-9-12(1-3-14(13)10-16)2-4-15-11-20-8-7-17(15)18(21)22/h1-11H,(H,21,22). The van der Waals surface area contributed by atoms with Gasteiger partial charge in [0, 0.05) is 23.0 Å². The normalized spacial score (nSPS) is 11.1. The van der Waals surface area contributed by atoms with Gasteiger partial charge in [-0.3, -0.25) is 4.98 Å². The van der Waals surface area contributed by atoms with Crippen LogP contribution < -0.4 is 0 Å². The Morgan fingerprint density at radius 2 is 1.82 bits per heavy atom. The van der Waals surface area contributed by atoms with Gasteiger partial charge in [0.15, 0.2) is 0 Å². The molecule has 1 heterocycles. The highest BCUT2D eigenvalue weighted by Gasteiger charge is 2.06. The highest BCUT2D eigenvalue weighted by molar-refractivity contribution is 6.31. The number of pyridine rings is 1. The Hall–Kier alpha value is -2.65. The van der Waals surface area contributed by atoms with Crippen molar-refractivity contribution in [1.29, 1.82) is 0 Å². The van der Waals surface area contributed by atoms with E-state index >= 15 is 0 Å². The summed E-state index contributed by atoms with van der Waals surface area (Å²) in [5.74, 6) is -0.963. The second-order valence-electron chi connectivity index (χ2n) is 4.85. The summed E-state index contributed by atoms with van der Waals surface area (Å²) in [5.41, 5.74) is 1.79. The zero-order valence-corrected chi connectivity index (χ0v) is 12.3. The van der Waals surface area contributed by atoms with Crippen LogP contribution in [0.25, 0.3) is 22.9 Å². The van der Waals surface area contributed by atoms with Crippen LogP contribution in [0.1, 0.15) is 21.5 Å². The lowest BCUT2D eigenvalue weighted by Gasteiger charge is -2.02. The Morgan fingerprint density at radius 1 is 1.05 bits per heavy atom. The fourth-order valence-corrected chi connectivity index (χ4v) is 2.44. The largest absolute Gasteiger partial charge is 0.478 e. The molecule has 3 rings (SSSR count). The van der Waals surface area contributed by atoms with E-state index in [2.05, 4.69) is 4.98 Å². The first-order valence-corrected chi connectivity index (χ1v) is 7.06. The van der Waals surface area contributed by atoms with E-state index in [-0.39, 0.29) is 5.56 Å². The molecule has 22 heavy (non-hydrogen) atoms. The average molecular weight is 310 g/mol. The van der Waals surface area contributed by atoms with Gasteiger partial charge in [-0.1, -0.05) is 42.0 Å². The summed E-state index contributed by atoms with van der Waals surface area (Å²) in [6, 6.07) is 13.2. The van der Waals surface area contributed by atoms with Crippen molar-refractivity contribution in [1.82, 2.24) is 4.98 Å². The lowest BCUT2D eigenvalue weighted by Crippen LogP contribution is -1.99. The molecule has 0 aliphatic heterocycles. The van der Waals surface area contributed by atoms with Crippen LogP contribution in [0, 0.1) is 0 Å². The Labute approximate surface area is 132 Å². The van der Waals surface area contributed by atoms with Crippen molar-refractivity contribution < 1.29 is 9.90 Å². The molecule has 0 saturated carbocycles. The van der Waals surface area contributed by atoms with Crippen LogP contribution in [0.15, 0.2) is 54.9 Å². The molecule has 108 valence electrons. The van der Waals surface area contributed by atoms with Gasteiger partial charge in [0.05, 0.1) is 5.56 Å².